The van der Waals surface area contributed by atoms with Crippen molar-refractivity contribution in [3.8, 4) is 0 Å². The molecule has 0 radical (unpaired) electrons. The fourth-order valence-corrected chi connectivity index (χ4v) is 2.26. The third kappa shape index (κ3) is 3.76. The average molecular weight is 321 g/mol. The molecule has 2 rings (SSSR count). The number of aliphatic carboxylic acids is 1. The number of nitro groups is 1. The van der Waals surface area contributed by atoms with Crippen molar-refractivity contribution in [2.75, 3.05) is 0 Å². The lowest BCUT2D eigenvalue weighted by molar-refractivity contribution is -0.384. The molecule has 7 nitrogen and oxygen atoms in total. The zero-order valence-electron chi connectivity index (χ0n) is 11.6. The van der Waals surface area contributed by atoms with Gasteiger partial charge >= 0.3 is 0 Å². The first-order valence-electron chi connectivity index (χ1n) is 6.32. The molecule has 0 saturated carbocycles. The topological polar surface area (TPSA) is 109 Å². The number of halogens is 1. The summed E-state index contributed by atoms with van der Waals surface area (Å²) in [6.45, 7) is 1.64. The highest BCUT2D eigenvalue weighted by Crippen LogP contribution is 2.19. The van der Waals surface area contributed by atoms with Crippen molar-refractivity contribution in [1.82, 2.24) is 9.97 Å². The van der Waals surface area contributed by atoms with E-state index < -0.39 is 10.9 Å². The number of hydrogen-bond acceptors (Lipinski definition) is 6. The SMILES string of the molecule is Cc1nc(Cc2ccc([N+](=O)[O-])cc2)nc(Cl)c1CC(=O)[O-]. The molecule has 0 saturated heterocycles. The highest BCUT2D eigenvalue weighted by molar-refractivity contribution is 6.30. The van der Waals surface area contributed by atoms with Crippen LogP contribution in [0.2, 0.25) is 5.15 Å². The van der Waals surface area contributed by atoms with Gasteiger partial charge in [-0.15, -0.1) is 0 Å². The summed E-state index contributed by atoms with van der Waals surface area (Å²) < 4.78 is 0. The van der Waals surface area contributed by atoms with Crippen LogP contribution in [0.5, 0.6) is 0 Å². The molecule has 0 aliphatic heterocycles. The molecule has 1 aromatic heterocycles. The van der Waals surface area contributed by atoms with Crippen molar-refractivity contribution >= 4 is 23.3 Å². The molecular weight excluding hydrogens is 310 g/mol. The molecule has 2 aromatic rings. The largest absolute Gasteiger partial charge is 0.550 e. The van der Waals surface area contributed by atoms with E-state index >= 15 is 0 Å². The molecular formula is C14H11ClN3O4-. The highest BCUT2D eigenvalue weighted by Gasteiger charge is 2.11. The molecule has 1 aromatic carbocycles. The third-order valence-corrected chi connectivity index (χ3v) is 3.35. The van der Waals surface area contributed by atoms with Gasteiger partial charge in [0.05, 0.1) is 4.92 Å². The maximum Gasteiger partial charge on any atom is 0.269 e. The Hall–Kier alpha value is -2.54. The van der Waals surface area contributed by atoms with Crippen molar-refractivity contribution in [2.45, 2.75) is 19.8 Å². The first-order valence-corrected chi connectivity index (χ1v) is 6.69. The Morgan fingerprint density at radius 3 is 2.41 bits per heavy atom. The van der Waals surface area contributed by atoms with Crippen LogP contribution in [0, 0.1) is 17.0 Å². The van der Waals surface area contributed by atoms with E-state index in [0.29, 0.717) is 23.5 Å². The zero-order valence-corrected chi connectivity index (χ0v) is 12.3. The number of carboxylic acids is 1. The van der Waals surface area contributed by atoms with Crippen LogP contribution in [-0.2, 0) is 17.6 Å². The number of carbonyl (C=O) groups excluding carboxylic acids is 1. The number of rotatable bonds is 5. The van der Waals surface area contributed by atoms with Gasteiger partial charge in [-0.25, -0.2) is 9.97 Å². The number of nitrogens with zero attached hydrogens (tertiary/aromatic N) is 3. The van der Waals surface area contributed by atoms with Crippen LogP contribution in [0.1, 0.15) is 22.6 Å². The maximum atomic E-state index is 10.7. The van der Waals surface area contributed by atoms with Gasteiger partial charge in [0, 0.05) is 42.2 Å². The van der Waals surface area contributed by atoms with Gasteiger partial charge in [0.15, 0.2) is 0 Å². The number of non-ortho nitro benzene ring substituents is 1. The van der Waals surface area contributed by atoms with E-state index in [1.54, 1.807) is 19.1 Å². The predicted octanol–water partition coefficient (Wildman–Crippen LogP) is 1.23. The Kier molecular flexibility index (Phi) is 4.67. The van der Waals surface area contributed by atoms with Crippen molar-refractivity contribution in [1.29, 1.82) is 0 Å². The lowest BCUT2D eigenvalue weighted by Gasteiger charge is -2.10. The van der Waals surface area contributed by atoms with Crippen LogP contribution in [0.25, 0.3) is 0 Å². The number of aromatic nitrogens is 2. The summed E-state index contributed by atoms with van der Waals surface area (Å²) in [6.07, 6.45) is -0.00731. The van der Waals surface area contributed by atoms with Crippen LogP contribution < -0.4 is 5.11 Å². The minimum atomic E-state index is -1.25. The molecule has 0 unspecified atom stereocenters. The number of benzene rings is 1. The van der Waals surface area contributed by atoms with Crippen LogP contribution in [0.15, 0.2) is 24.3 Å². The van der Waals surface area contributed by atoms with Crippen molar-refractivity contribution in [3.63, 3.8) is 0 Å². The van der Waals surface area contributed by atoms with Crippen LogP contribution >= 0.6 is 11.6 Å². The minimum absolute atomic E-state index is 0.00295. The Morgan fingerprint density at radius 2 is 1.91 bits per heavy atom. The molecule has 1 heterocycles. The molecule has 0 spiro atoms. The Balaban J connectivity index is 2.23. The van der Waals surface area contributed by atoms with Crippen molar-refractivity contribution in [3.05, 3.63) is 62.2 Å². The molecule has 0 N–H and O–H groups in total. The van der Waals surface area contributed by atoms with Crippen LogP contribution in [0.3, 0.4) is 0 Å². The van der Waals surface area contributed by atoms with Gasteiger partial charge in [-0.05, 0) is 12.5 Å². The van der Waals surface area contributed by atoms with E-state index in [0.717, 1.165) is 5.56 Å². The second-order valence-corrected chi connectivity index (χ2v) is 5.00. The van der Waals surface area contributed by atoms with Gasteiger partial charge in [-0.3, -0.25) is 10.1 Å². The number of carboxylic acid groups (broad SMARTS) is 1. The Bertz CT molecular complexity index is 708. The van der Waals surface area contributed by atoms with Gasteiger partial charge in [0.25, 0.3) is 5.69 Å². The Labute approximate surface area is 130 Å². The molecule has 0 aliphatic rings. The molecule has 0 bridgehead atoms. The summed E-state index contributed by atoms with van der Waals surface area (Å²) in [6, 6.07) is 6.02. The standard InChI is InChI=1S/C14H12ClN3O4/c1-8-11(7-13(19)20)14(15)17-12(16-8)6-9-2-4-10(5-3-9)18(21)22/h2-5H,6-7H2,1H3,(H,19,20)/p-1. The number of aryl methyl sites for hydroxylation is 1. The number of hydrogen-bond donors (Lipinski definition) is 0. The van der Waals surface area contributed by atoms with Gasteiger partial charge in [-0.2, -0.15) is 0 Å². The normalized spacial score (nSPS) is 10.5. The van der Waals surface area contributed by atoms with Gasteiger partial charge < -0.3 is 9.90 Å². The predicted molar refractivity (Wildman–Crippen MR) is 76.4 cm³/mol. The summed E-state index contributed by atoms with van der Waals surface area (Å²) in [5, 5.41) is 21.3. The highest BCUT2D eigenvalue weighted by atomic mass is 35.5. The monoisotopic (exact) mass is 320 g/mol. The summed E-state index contributed by atoms with van der Waals surface area (Å²) in [5.41, 5.74) is 1.59. The average Bonchev–Trinajstić information content (AvgIpc) is 2.43. The molecule has 0 atom stereocenters. The maximum absolute atomic E-state index is 10.7. The third-order valence-electron chi connectivity index (χ3n) is 3.04. The molecule has 114 valence electrons. The first kappa shape index (κ1) is 15.8. The van der Waals surface area contributed by atoms with E-state index in [1.807, 2.05) is 0 Å². The van der Waals surface area contributed by atoms with E-state index in [1.165, 1.54) is 12.1 Å². The fourth-order valence-electron chi connectivity index (χ4n) is 1.96. The van der Waals surface area contributed by atoms with E-state index in [2.05, 4.69) is 9.97 Å². The number of nitro benzene ring substituents is 1. The quantitative estimate of drug-likeness (QED) is 0.465. The van der Waals surface area contributed by atoms with Gasteiger partial charge in [-0.1, -0.05) is 23.7 Å². The molecule has 0 fully saturated rings. The smallest absolute Gasteiger partial charge is 0.269 e. The summed E-state index contributed by atoms with van der Waals surface area (Å²) in [5.74, 6) is -0.838. The summed E-state index contributed by atoms with van der Waals surface area (Å²) >= 11 is 5.98. The fraction of sp³-hybridized carbons (Fsp3) is 0.214. The molecule has 0 amide bonds. The molecule has 0 aliphatic carbocycles. The first-order chi connectivity index (χ1) is 10.4. The molecule has 8 heteroatoms. The molecule has 22 heavy (non-hydrogen) atoms. The Morgan fingerprint density at radius 1 is 1.27 bits per heavy atom. The van der Waals surface area contributed by atoms with E-state index in [-0.39, 0.29) is 17.3 Å². The van der Waals surface area contributed by atoms with Crippen molar-refractivity contribution in [2.24, 2.45) is 0 Å². The summed E-state index contributed by atoms with van der Waals surface area (Å²) in [7, 11) is 0. The summed E-state index contributed by atoms with van der Waals surface area (Å²) in [4.78, 5) is 29.1. The number of carbonyl (C=O) groups is 1. The van der Waals surface area contributed by atoms with E-state index in [4.69, 9.17) is 11.6 Å². The minimum Gasteiger partial charge on any atom is -0.550 e. The van der Waals surface area contributed by atoms with E-state index in [9.17, 15) is 20.0 Å². The zero-order chi connectivity index (χ0) is 16.3. The van der Waals surface area contributed by atoms with Gasteiger partial charge in [0.2, 0.25) is 0 Å². The second kappa shape index (κ2) is 6.48. The lowest BCUT2D eigenvalue weighted by Crippen LogP contribution is -2.25. The van der Waals surface area contributed by atoms with Crippen LogP contribution in [-0.4, -0.2) is 20.9 Å². The van der Waals surface area contributed by atoms with Crippen molar-refractivity contribution < 1.29 is 14.8 Å². The second-order valence-electron chi connectivity index (χ2n) is 4.64. The lowest BCUT2D eigenvalue weighted by atomic mass is 10.1. The van der Waals surface area contributed by atoms with Gasteiger partial charge in [0.1, 0.15) is 11.0 Å². The van der Waals surface area contributed by atoms with Crippen LogP contribution in [0.4, 0.5) is 5.69 Å².